The summed E-state index contributed by atoms with van der Waals surface area (Å²) in [6.45, 7) is 22.4. The monoisotopic (exact) mass is 688 g/mol. The van der Waals surface area contributed by atoms with Gasteiger partial charge in [0.05, 0.1) is 0 Å². The van der Waals surface area contributed by atoms with Crippen molar-refractivity contribution in [3.05, 3.63) is 192 Å². The van der Waals surface area contributed by atoms with Gasteiger partial charge in [0, 0.05) is 0 Å². The van der Waals surface area contributed by atoms with E-state index >= 15 is 0 Å². The number of benzene rings is 9. The zero-order valence-corrected chi connectivity index (χ0v) is 30.8. The lowest BCUT2D eigenvalue weighted by Gasteiger charge is -2.28. The highest BCUT2D eigenvalue weighted by atomic mass is 14.3. The van der Waals surface area contributed by atoms with Gasteiger partial charge in [0.25, 0.3) is 0 Å². The van der Waals surface area contributed by atoms with Gasteiger partial charge in [0.15, 0.2) is 0 Å². The Hall–Kier alpha value is -6.76. The molecule has 9 aromatic rings. The topological polar surface area (TPSA) is 0 Å². The summed E-state index contributed by atoms with van der Waals surface area (Å²) in [5, 5.41) is 11.4. The molecule has 0 aromatic heterocycles. The molecular formula is C54H40. The van der Waals surface area contributed by atoms with Gasteiger partial charge in [-0.15, -0.1) is 0 Å². The van der Waals surface area contributed by atoms with E-state index in [0.717, 1.165) is 32.3 Å². The van der Waals surface area contributed by atoms with Crippen molar-refractivity contribution in [1.82, 2.24) is 0 Å². The van der Waals surface area contributed by atoms with Crippen LogP contribution in [0.15, 0.2) is 171 Å². The number of hydrogen-bond acceptors (Lipinski definition) is 0. The van der Waals surface area contributed by atoms with Crippen molar-refractivity contribution in [2.24, 2.45) is 0 Å². The maximum Gasteiger partial charge on any atom is -0.000717 e. The third kappa shape index (κ3) is 4.84. The Bertz CT molecular complexity index is 2880. The minimum atomic E-state index is 0.871. The minimum Gasteiger partial charge on any atom is -0.0985 e. The maximum atomic E-state index is 4.77. The van der Waals surface area contributed by atoms with Gasteiger partial charge in [-0.25, -0.2) is 0 Å². The predicted molar refractivity (Wildman–Crippen MR) is 238 cm³/mol. The minimum absolute atomic E-state index is 0.871. The highest BCUT2D eigenvalue weighted by Gasteiger charge is 2.29. The average Bonchev–Trinajstić information content (AvgIpc) is 3.24. The van der Waals surface area contributed by atoms with Crippen molar-refractivity contribution < 1.29 is 0 Å². The first-order chi connectivity index (χ1) is 26.4. The van der Waals surface area contributed by atoms with Crippen LogP contribution in [0.5, 0.6) is 0 Å². The molecule has 0 saturated carbocycles. The fraction of sp³-hybridized carbons (Fsp3) is 0.0370. The van der Waals surface area contributed by atoms with E-state index in [1.165, 1.54) is 88.0 Å². The molecule has 0 heterocycles. The first-order valence-electron chi connectivity index (χ1n) is 18.6. The third-order valence-corrected chi connectivity index (χ3v) is 11.4. The van der Waals surface area contributed by atoms with E-state index in [4.69, 9.17) is 13.2 Å². The van der Waals surface area contributed by atoms with Crippen molar-refractivity contribution in [3.8, 4) is 44.5 Å². The van der Waals surface area contributed by atoms with Crippen LogP contribution in [0.25, 0.3) is 112 Å². The van der Waals surface area contributed by atoms with Gasteiger partial charge in [-0.1, -0.05) is 184 Å². The van der Waals surface area contributed by atoms with Crippen LogP contribution in [-0.2, 0) is 0 Å². The van der Waals surface area contributed by atoms with Crippen molar-refractivity contribution in [3.63, 3.8) is 0 Å². The predicted octanol–water partition coefficient (Wildman–Crippen LogP) is 13.8. The van der Waals surface area contributed by atoms with Crippen molar-refractivity contribution >= 4 is 67.4 Å². The Balaban J connectivity index is 1.73. The van der Waals surface area contributed by atoms with Crippen LogP contribution < -0.4 is 10.4 Å². The van der Waals surface area contributed by atoms with E-state index in [2.05, 4.69) is 179 Å². The number of fused-ring (bicyclic) bond motifs is 3. The lowest BCUT2D eigenvalue weighted by Crippen LogP contribution is -2.25. The number of rotatable bonds is 7. The van der Waals surface area contributed by atoms with Gasteiger partial charge in [-0.3, -0.25) is 0 Å². The molecule has 0 radical (unpaired) electrons. The van der Waals surface area contributed by atoms with E-state index < -0.39 is 0 Å². The van der Waals surface area contributed by atoms with Crippen molar-refractivity contribution in [2.75, 3.05) is 0 Å². The smallest absolute Gasteiger partial charge is 0.000717 e. The quantitative estimate of drug-likeness (QED) is 0.0888. The first-order valence-corrected chi connectivity index (χ1v) is 18.6. The molecule has 0 heteroatoms. The van der Waals surface area contributed by atoms with Gasteiger partial charge >= 0.3 is 0 Å². The highest BCUT2D eigenvalue weighted by Crippen LogP contribution is 2.55. The van der Waals surface area contributed by atoms with E-state index in [1.807, 2.05) is 6.08 Å². The second-order valence-corrected chi connectivity index (χ2v) is 14.2. The molecule has 0 fully saturated rings. The summed E-state index contributed by atoms with van der Waals surface area (Å²) >= 11 is 0. The molecule has 9 aromatic carbocycles. The fourth-order valence-electron chi connectivity index (χ4n) is 8.79. The van der Waals surface area contributed by atoms with Gasteiger partial charge in [0.1, 0.15) is 0 Å². The molecule has 0 unspecified atom stereocenters. The van der Waals surface area contributed by atoms with Crippen molar-refractivity contribution in [2.45, 2.75) is 13.8 Å². The molecule has 0 aliphatic heterocycles. The van der Waals surface area contributed by atoms with Crippen LogP contribution >= 0.6 is 0 Å². The molecule has 9 rings (SSSR count). The maximum absolute atomic E-state index is 4.77. The van der Waals surface area contributed by atoms with Crippen LogP contribution in [0.2, 0.25) is 0 Å². The molecule has 0 aliphatic rings. The van der Waals surface area contributed by atoms with Gasteiger partial charge in [0.2, 0.25) is 0 Å². The van der Waals surface area contributed by atoms with Crippen LogP contribution in [-0.4, -0.2) is 0 Å². The Morgan fingerprint density at radius 3 is 1.15 bits per heavy atom. The highest BCUT2D eigenvalue weighted by molar-refractivity contribution is 6.41. The zero-order chi connectivity index (χ0) is 37.1. The molecular weight excluding hydrogens is 649 g/mol. The summed E-state index contributed by atoms with van der Waals surface area (Å²) in [5.41, 5.74) is 13.8. The Morgan fingerprint density at radius 1 is 0.426 bits per heavy atom. The summed E-state index contributed by atoms with van der Waals surface area (Å²) in [6.07, 6.45) is 4.05. The number of allylic oxidation sites excluding steroid dienone is 4. The number of hydrogen-bond donors (Lipinski definition) is 0. The molecule has 0 atom stereocenters. The van der Waals surface area contributed by atoms with Crippen molar-refractivity contribution in [1.29, 1.82) is 0 Å². The summed E-state index contributed by atoms with van der Waals surface area (Å²) in [4.78, 5) is 0. The summed E-state index contributed by atoms with van der Waals surface area (Å²) in [6, 6.07) is 53.0. The second kappa shape index (κ2) is 13.0. The van der Waals surface area contributed by atoms with E-state index in [0.29, 0.717) is 0 Å². The second-order valence-electron chi connectivity index (χ2n) is 14.2. The van der Waals surface area contributed by atoms with Crippen LogP contribution in [0.3, 0.4) is 0 Å². The van der Waals surface area contributed by atoms with Crippen LogP contribution in [0.1, 0.15) is 25.0 Å². The summed E-state index contributed by atoms with van der Waals surface area (Å²) < 4.78 is 0. The van der Waals surface area contributed by atoms with E-state index in [-0.39, 0.29) is 0 Å². The SMILES string of the molecule is C=CC(=C)c1ccc2c3c(-c4ccccc4)c(-c4ccccc4)c(-c4ccccc4)c(-c4ccccc4)c3c3ccc(C(C)=CC)c4c(=C)c(=C)c1c2c43. The molecule has 0 spiro atoms. The van der Waals surface area contributed by atoms with Crippen LogP contribution in [0, 0.1) is 0 Å². The lowest BCUT2D eigenvalue weighted by atomic mass is 9.74. The first kappa shape index (κ1) is 33.1. The standard InChI is InChI=1S/C54H40/c1-7-33(3)41-29-31-43-51-45(41)35(5)36(6)46-42(34(4)8-2)30-32-44(52(46)51)54-50(40-27-19-12-20-28-40)48(38-23-15-10-16-24-38)47(37-21-13-9-14-22-37)49(53(43)54)39-25-17-11-18-26-39/h7-32H,1,3,5-6H2,2,4H3. The van der Waals surface area contributed by atoms with Gasteiger partial charge < -0.3 is 0 Å². The summed E-state index contributed by atoms with van der Waals surface area (Å²) in [5.74, 6) is 0. The molecule has 0 aliphatic carbocycles. The van der Waals surface area contributed by atoms with Gasteiger partial charge in [-0.2, -0.15) is 0 Å². The molecule has 0 nitrogen and oxygen atoms in total. The largest absolute Gasteiger partial charge is 0.0985 e. The molecule has 0 amide bonds. The van der Waals surface area contributed by atoms with E-state index in [9.17, 15) is 0 Å². The molecule has 0 bridgehead atoms. The zero-order valence-electron chi connectivity index (χ0n) is 30.8. The summed E-state index contributed by atoms with van der Waals surface area (Å²) in [7, 11) is 0. The molecule has 256 valence electrons. The Morgan fingerprint density at radius 2 is 0.778 bits per heavy atom. The molecule has 0 N–H and O–H groups in total. The van der Waals surface area contributed by atoms with E-state index in [1.54, 1.807) is 0 Å². The third-order valence-electron chi connectivity index (χ3n) is 11.4. The average molecular weight is 689 g/mol. The van der Waals surface area contributed by atoms with Crippen LogP contribution in [0.4, 0.5) is 0 Å². The fourth-order valence-corrected chi connectivity index (χ4v) is 8.79. The molecule has 54 heavy (non-hydrogen) atoms. The lowest BCUT2D eigenvalue weighted by molar-refractivity contribution is 1.56. The Labute approximate surface area is 317 Å². The molecule has 0 saturated heterocycles. The van der Waals surface area contributed by atoms with Gasteiger partial charge in [-0.05, 0) is 134 Å². The Kier molecular flexibility index (Phi) is 7.98. The normalized spacial score (nSPS) is 11.9.